The Morgan fingerprint density at radius 1 is 1.33 bits per heavy atom. The summed E-state index contributed by atoms with van der Waals surface area (Å²) in [6, 6.07) is 7.60. The van der Waals surface area contributed by atoms with Crippen LogP contribution in [0.25, 0.3) is 11.2 Å². The van der Waals surface area contributed by atoms with Crippen LogP contribution in [0.5, 0.6) is 0 Å². The van der Waals surface area contributed by atoms with Gasteiger partial charge in [0.25, 0.3) is 5.91 Å². The molecular formula is C20H20N4O2S. The second-order valence-electron chi connectivity index (χ2n) is 6.58. The number of ketones is 1. The molecule has 4 rings (SSSR count). The van der Waals surface area contributed by atoms with Crippen molar-refractivity contribution in [3.8, 4) is 0 Å². The number of carbonyl (C=O) groups is 2. The van der Waals surface area contributed by atoms with Gasteiger partial charge in [0.05, 0.1) is 10.9 Å². The maximum atomic E-state index is 12.5. The first-order valence-electron chi connectivity index (χ1n) is 8.83. The molecule has 1 aliphatic rings. The number of imidazole rings is 1. The van der Waals surface area contributed by atoms with Gasteiger partial charge < -0.3 is 15.0 Å². The number of carbonyl (C=O) groups excluding carboxylic acids is 2. The molecule has 138 valence electrons. The summed E-state index contributed by atoms with van der Waals surface area (Å²) in [6.07, 6.45) is 8.32. The van der Waals surface area contributed by atoms with Gasteiger partial charge in [-0.1, -0.05) is 6.08 Å². The van der Waals surface area contributed by atoms with Gasteiger partial charge in [0, 0.05) is 36.6 Å². The van der Waals surface area contributed by atoms with E-state index in [1.54, 1.807) is 13.1 Å². The van der Waals surface area contributed by atoms with Crippen molar-refractivity contribution in [3.05, 3.63) is 64.2 Å². The minimum atomic E-state index is -0.137. The molecule has 0 saturated heterocycles. The van der Waals surface area contributed by atoms with Gasteiger partial charge in [-0.2, -0.15) is 0 Å². The Hall–Kier alpha value is -2.77. The summed E-state index contributed by atoms with van der Waals surface area (Å²) in [6.45, 7) is 2.73. The maximum absolute atomic E-state index is 12.5. The molecule has 1 unspecified atom stereocenters. The van der Waals surface area contributed by atoms with Gasteiger partial charge in [-0.3, -0.25) is 9.59 Å². The summed E-state index contributed by atoms with van der Waals surface area (Å²) in [5.74, 6) is 0.0525. The number of nitrogens with one attached hydrogen (secondary N) is 2. The number of hydrogen-bond donors (Lipinski definition) is 2. The number of thiophene rings is 1. The van der Waals surface area contributed by atoms with E-state index < -0.39 is 0 Å². The van der Waals surface area contributed by atoms with Gasteiger partial charge in [-0.05, 0) is 48.7 Å². The lowest BCUT2D eigenvalue weighted by Crippen LogP contribution is -2.38. The normalized spacial score (nSPS) is 16.9. The van der Waals surface area contributed by atoms with Gasteiger partial charge >= 0.3 is 0 Å². The lowest BCUT2D eigenvalue weighted by atomic mass is 9.98. The van der Waals surface area contributed by atoms with E-state index in [0.717, 1.165) is 21.7 Å². The summed E-state index contributed by atoms with van der Waals surface area (Å²) in [5.41, 5.74) is 2.99. The molecule has 3 aromatic heterocycles. The van der Waals surface area contributed by atoms with Crippen LogP contribution >= 0.6 is 11.3 Å². The number of rotatable bonds is 5. The van der Waals surface area contributed by atoms with Crippen LogP contribution in [0.3, 0.4) is 0 Å². The Bertz CT molecular complexity index is 1030. The maximum Gasteiger partial charge on any atom is 0.261 e. The van der Waals surface area contributed by atoms with Gasteiger partial charge in [0.15, 0.2) is 0 Å². The second kappa shape index (κ2) is 7.46. The third-order valence-electron chi connectivity index (χ3n) is 4.69. The Balaban J connectivity index is 1.41. The first kappa shape index (κ1) is 17.6. The SMILES string of the molecule is CC(=O)C1CC(c2ccc(C(=O)NCc3ccn4ccnc4c3)s2)=CCN1. The number of nitrogens with zero attached hydrogens (tertiary/aromatic N) is 2. The Kier molecular flexibility index (Phi) is 4.87. The minimum Gasteiger partial charge on any atom is -0.347 e. The molecule has 1 amide bonds. The molecule has 3 aromatic rings. The molecule has 1 aliphatic heterocycles. The summed E-state index contributed by atoms with van der Waals surface area (Å²) in [4.78, 5) is 30.1. The van der Waals surface area contributed by atoms with Gasteiger partial charge in [-0.25, -0.2) is 4.98 Å². The Morgan fingerprint density at radius 3 is 3.07 bits per heavy atom. The third kappa shape index (κ3) is 3.84. The molecule has 0 saturated carbocycles. The van der Waals surface area contributed by atoms with Crippen molar-refractivity contribution >= 4 is 34.2 Å². The molecule has 4 heterocycles. The number of fused-ring (bicyclic) bond motifs is 1. The fourth-order valence-electron chi connectivity index (χ4n) is 3.15. The van der Waals surface area contributed by atoms with Crippen molar-refractivity contribution in [2.75, 3.05) is 6.54 Å². The van der Waals surface area contributed by atoms with Crippen molar-refractivity contribution in [1.29, 1.82) is 0 Å². The van der Waals surface area contributed by atoms with Crippen LogP contribution in [0, 0.1) is 0 Å². The van der Waals surface area contributed by atoms with E-state index in [1.165, 1.54) is 11.3 Å². The molecule has 27 heavy (non-hydrogen) atoms. The summed E-state index contributed by atoms with van der Waals surface area (Å²) >= 11 is 1.46. The minimum absolute atomic E-state index is 0.0906. The summed E-state index contributed by atoms with van der Waals surface area (Å²) < 4.78 is 1.93. The van der Waals surface area contributed by atoms with E-state index in [9.17, 15) is 9.59 Å². The molecule has 6 nitrogen and oxygen atoms in total. The van der Waals surface area contributed by atoms with Crippen LogP contribution < -0.4 is 10.6 Å². The summed E-state index contributed by atoms with van der Waals surface area (Å²) in [5, 5.41) is 6.15. The van der Waals surface area contributed by atoms with E-state index in [4.69, 9.17) is 0 Å². The zero-order chi connectivity index (χ0) is 18.8. The molecule has 0 aliphatic carbocycles. The molecule has 0 bridgehead atoms. The number of hydrogen-bond acceptors (Lipinski definition) is 5. The van der Waals surface area contributed by atoms with Crippen LogP contribution in [0.2, 0.25) is 0 Å². The lowest BCUT2D eigenvalue weighted by molar-refractivity contribution is -0.118. The predicted molar refractivity (Wildman–Crippen MR) is 106 cm³/mol. The molecule has 0 spiro atoms. The number of pyridine rings is 1. The van der Waals surface area contributed by atoms with Crippen molar-refractivity contribution in [2.24, 2.45) is 0 Å². The smallest absolute Gasteiger partial charge is 0.261 e. The molecule has 1 atom stereocenters. The fraction of sp³-hybridized carbons (Fsp3) is 0.250. The largest absolute Gasteiger partial charge is 0.347 e. The number of Topliss-reactive ketones (excluding diaryl/α,β-unsaturated/α-hetero) is 1. The fourth-order valence-corrected chi connectivity index (χ4v) is 4.12. The van der Waals surface area contributed by atoms with Crippen LogP contribution in [-0.4, -0.2) is 33.7 Å². The second-order valence-corrected chi connectivity index (χ2v) is 7.66. The predicted octanol–water partition coefficient (Wildman–Crippen LogP) is 2.66. The first-order chi connectivity index (χ1) is 13.1. The van der Waals surface area contributed by atoms with Gasteiger partial charge in [0.1, 0.15) is 11.4 Å². The number of amides is 1. The highest BCUT2D eigenvalue weighted by Gasteiger charge is 2.21. The van der Waals surface area contributed by atoms with Gasteiger partial charge in [-0.15, -0.1) is 11.3 Å². The van der Waals surface area contributed by atoms with E-state index in [2.05, 4.69) is 21.7 Å². The van der Waals surface area contributed by atoms with E-state index in [0.29, 0.717) is 24.4 Å². The lowest BCUT2D eigenvalue weighted by Gasteiger charge is -2.21. The van der Waals surface area contributed by atoms with E-state index in [1.807, 2.05) is 41.1 Å². The Labute approximate surface area is 160 Å². The van der Waals surface area contributed by atoms with E-state index in [-0.39, 0.29) is 17.7 Å². The van der Waals surface area contributed by atoms with Crippen molar-refractivity contribution in [1.82, 2.24) is 20.0 Å². The summed E-state index contributed by atoms with van der Waals surface area (Å²) in [7, 11) is 0. The van der Waals surface area contributed by atoms with Crippen LogP contribution in [-0.2, 0) is 11.3 Å². The third-order valence-corrected chi connectivity index (χ3v) is 5.85. The van der Waals surface area contributed by atoms with Gasteiger partial charge in [0.2, 0.25) is 0 Å². The van der Waals surface area contributed by atoms with Crippen LogP contribution in [0.1, 0.15) is 33.5 Å². The average molecular weight is 380 g/mol. The van der Waals surface area contributed by atoms with Crippen molar-refractivity contribution in [2.45, 2.75) is 25.9 Å². The molecule has 0 fully saturated rings. The topological polar surface area (TPSA) is 75.5 Å². The van der Waals surface area contributed by atoms with Crippen LogP contribution in [0.4, 0.5) is 0 Å². The highest BCUT2D eigenvalue weighted by molar-refractivity contribution is 7.15. The number of aromatic nitrogens is 2. The Morgan fingerprint density at radius 2 is 2.22 bits per heavy atom. The van der Waals surface area contributed by atoms with Crippen molar-refractivity contribution in [3.63, 3.8) is 0 Å². The highest BCUT2D eigenvalue weighted by atomic mass is 32.1. The zero-order valence-corrected chi connectivity index (χ0v) is 15.8. The standard InChI is InChI=1S/C20H20N4O2S/c1-13(25)16-11-15(4-6-21-16)17-2-3-18(27-17)20(26)23-12-14-5-8-24-9-7-22-19(24)10-14/h2-5,7-10,16,21H,6,11-12H2,1H3,(H,23,26). The van der Waals surface area contributed by atoms with Crippen molar-refractivity contribution < 1.29 is 9.59 Å². The van der Waals surface area contributed by atoms with E-state index >= 15 is 0 Å². The highest BCUT2D eigenvalue weighted by Crippen LogP contribution is 2.29. The molecular weight excluding hydrogens is 360 g/mol. The molecule has 7 heteroatoms. The zero-order valence-electron chi connectivity index (χ0n) is 14.9. The van der Waals surface area contributed by atoms with Crippen LogP contribution in [0.15, 0.2) is 48.9 Å². The average Bonchev–Trinajstić information content (AvgIpc) is 3.35. The monoisotopic (exact) mass is 380 g/mol. The molecule has 0 aromatic carbocycles. The first-order valence-corrected chi connectivity index (χ1v) is 9.64. The quantitative estimate of drug-likeness (QED) is 0.714. The molecule has 0 radical (unpaired) electrons. The molecule has 2 N–H and O–H groups in total.